The first-order valence-corrected chi connectivity index (χ1v) is 14.4. The molecule has 4 fully saturated rings. The molecule has 2 saturated carbocycles. The van der Waals surface area contributed by atoms with E-state index in [9.17, 15) is 23.2 Å². The maximum atomic E-state index is 14.2. The number of halogens is 3. The van der Waals surface area contributed by atoms with Gasteiger partial charge in [-0.25, -0.2) is 15.6 Å². The minimum atomic E-state index is -4.57. The van der Waals surface area contributed by atoms with Gasteiger partial charge in [-0.05, 0) is 68.7 Å². The highest BCUT2D eigenvalue weighted by molar-refractivity contribution is 5.56. The van der Waals surface area contributed by atoms with Gasteiger partial charge in [-0.1, -0.05) is 25.7 Å². The zero-order chi connectivity index (χ0) is 27.3. The number of aromatic nitrogens is 2. The number of hydrogen-bond donors (Lipinski definition) is 2. The molecule has 0 amide bonds. The topological polar surface area (TPSA) is 80.7 Å². The third kappa shape index (κ3) is 5.12. The number of nitrogens with one attached hydrogen (secondary N) is 2. The maximum absolute atomic E-state index is 14.2. The minimum absolute atomic E-state index is 0.0772. The van der Waals surface area contributed by atoms with Crippen LogP contribution in [0.3, 0.4) is 0 Å². The molecule has 2 saturated heterocycles. The van der Waals surface area contributed by atoms with Gasteiger partial charge in [-0.3, -0.25) is 18.8 Å². The summed E-state index contributed by atoms with van der Waals surface area (Å²) < 4.78 is 45.5. The van der Waals surface area contributed by atoms with Crippen molar-refractivity contribution in [3.05, 3.63) is 40.1 Å². The fourth-order valence-corrected chi connectivity index (χ4v) is 7.58. The van der Waals surface area contributed by atoms with Gasteiger partial charge >= 0.3 is 11.9 Å². The van der Waals surface area contributed by atoms with E-state index < -0.39 is 17.4 Å². The first-order chi connectivity index (χ1) is 18.7. The van der Waals surface area contributed by atoms with Gasteiger partial charge in [0.25, 0.3) is 0 Å². The van der Waals surface area contributed by atoms with E-state index in [0.29, 0.717) is 49.4 Å². The second kappa shape index (κ2) is 10.5. The van der Waals surface area contributed by atoms with Crippen LogP contribution in [0.4, 0.5) is 13.2 Å². The lowest BCUT2D eigenvalue weighted by molar-refractivity contribution is -0.136. The Morgan fingerprint density at radius 1 is 1.13 bits per heavy atom. The molecular weight excluding hydrogens is 507 g/mol. The van der Waals surface area contributed by atoms with Crippen LogP contribution in [0.5, 0.6) is 0 Å². The zero-order valence-corrected chi connectivity index (χ0v) is 22.5. The summed E-state index contributed by atoms with van der Waals surface area (Å²) in [6.45, 7) is 2.28. The van der Waals surface area contributed by atoms with Crippen LogP contribution in [0.2, 0.25) is 0 Å². The number of hydrazine groups is 1. The summed E-state index contributed by atoms with van der Waals surface area (Å²) in [7, 11) is 2.12. The average molecular weight is 546 g/mol. The van der Waals surface area contributed by atoms with Gasteiger partial charge in [-0.2, -0.15) is 18.4 Å². The van der Waals surface area contributed by atoms with Crippen LogP contribution in [-0.4, -0.2) is 51.7 Å². The monoisotopic (exact) mass is 545 g/mol. The highest BCUT2D eigenvalue weighted by atomic mass is 19.4. The Hall–Kier alpha value is -2.39. The molecule has 0 aromatic carbocycles. The van der Waals surface area contributed by atoms with Crippen molar-refractivity contribution in [2.24, 2.45) is 23.7 Å². The lowest BCUT2D eigenvalue weighted by Crippen LogP contribution is -2.50. The molecule has 11 heteroatoms. The first-order valence-electron chi connectivity index (χ1n) is 14.4. The fourth-order valence-electron chi connectivity index (χ4n) is 7.58. The van der Waals surface area contributed by atoms with Gasteiger partial charge in [0.2, 0.25) is 0 Å². The summed E-state index contributed by atoms with van der Waals surface area (Å²) >= 11 is 0. The zero-order valence-electron chi connectivity index (χ0n) is 22.5. The van der Waals surface area contributed by atoms with Crippen LogP contribution < -0.4 is 16.5 Å². The Labute approximate surface area is 226 Å². The van der Waals surface area contributed by atoms with Crippen molar-refractivity contribution in [2.45, 2.75) is 76.3 Å². The lowest BCUT2D eigenvalue weighted by atomic mass is 9.65. The predicted molar refractivity (Wildman–Crippen MR) is 140 cm³/mol. The molecule has 2 aromatic rings. The first kappa shape index (κ1) is 26.8. The molecule has 8 nitrogen and oxygen atoms in total. The predicted octanol–water partition coefficient (Wildman–Crippen LogP) is 3.94. The van der Waals surface area contributed by atoms with E-state index in [0.717, 1.165) is 32.4 Å². The summed E-state index contributed by atoms with van der Waals surface area (Å²) in [5, 5.41) is 9.20. The summed E-state index contributed by atoms with van der Waals surface area (Å²) in [6.07, 6.45) is 6.75. The Kier molecular flexibility index (Phi) is 7.25. The molecular formula is C28H38F3N7O. The lowest BCUT2D eigenvalue weighted by Gasteiger charge is -2.46. The third-order valence-electron chi connectivity index (χ3n) is 9.75. The van der Waals surface area contributed by atoms with Gasteiger partial charge in [0, 0.05) is 31.5 Å². The number of imidazole rings is 1. The largest absolute Gasteiger partial charge is 0.418 e. The van der Waals surface area contributed by atoms with Gasteiger partial charge in [0.1, 0.15) is 0 Å². The number of pyridine rings is 1. The highest BCUT2D eigenvalue weighted by Gasteiger charge is 2.44. The minimum Gasteiger partial charge on any atom is -0.298 e. The molecule has 39 heavy (non-hydrogen) atoms. The standard InChI is InChI=1S/C28H38F3N7O/c1-35-17-33-34-26(35)25(20-4-2-5-20)21-6-3-7-22(11-21)37-16-24-23(28(29,30)31)10-19(15-38(24)27(37)39)14-36-9-8-18(12-32)13-36/h10,15-16,18,20-22,25-26,33-34H,2-9,11,13-14,17H2,1H3/t18-,21?,22?,25-,26?/m1/s1. The summed E-state index contributed by atoms with van der Waals surface area (Å²) in [6, 6.07) is 3.32. The molecule has 6 rings (SSSR count). The molecule has 4 heterocycles. The van der Waals surface area contributed by atoms with Crippen molar-refractivity contribution in [3.63, 3.8) is 0 Å². The number of nitriles is 1. The van der Waals surface area contributed by atoms with Crippen molar-refractivity contribution in [3.8, 4) is 6.07 Å². The van der Waals surface area contributed by atoms with Crippen LogP contribution in [0.25, 0.3) is 5.52 Å². The number of fused-ring (bicyclic) bond motifs is 1. The van der Waals surface area contributed by atoms with Gasteiger partial charge in [0.15, 0.2) is 0 Å². The van der Waals surface area contributed by atoms with E-state index in [4.69, 9.17) is 0 Å². The highest BCUT2D eigenvalue weighted by Crippen LogP contribution is 2.47. The van der Waals surface area contributed by atoms with Crippen molar-refractivity contribution < 1.29 is 13.2 Å². The van der Waals surface area contributed by atoms with Gasteiger partial charge in [0.05, 0.1) is 35.9 Å². The van der Waals surface area contributed by atoms with E-state index in [1.54, 1.807) is 10.8 Å². The number of rotatable bonds is 6. The quantitative estimate of drug-likeness (QED) is 0.573. The second-order valence-corrected chi connectivity index (χ2v) is 12.2. The van der Waals surface area contributed by atoms with Crippen LogP contribution in [0.15, 0.2) is 23.3 Å². The van der Waals surface area contributed by atoms with E-state index >= 15 is 0 Å². The summed E-state index contributed by atoms with van der Waals surface area (Å²) in [4.78, 5) is 18.0. The van der Waals surface area contributed by atoms with Crippen LogP contribution >= 0.6 is 0 Å². The second-order valence-electron chi connectivity index (χ2n) is 12.2. The molecule has 0 bridgehead atoms. The summed E-state index contributed by atoms with van der Waals surface area (Å²) in [5.74, 6) is 1.40. The maximum Gasteiger partial charge on any atom is 0.418 e. The number of hydrogen-bond acceptors (Lipinski definition) is 6. The normalized spacial score (nSPS) is 30.0. The molecule has 2 N–H and O–H groups in total. The average Bonchev–Trinajstić information content (AvgIpc) is 3.60. The molecule has 0 radical (unpaired) electrons. The Bertz CT molecular complexity index is 1290. The number of likely N-dealkylation sites (tertiary alicyclic amines) is 1. The molecule has 5 atom stereocenters. The van der Waals surface area contributed by atoms with Gasteiger partial charge in [-0.15, -0.1) is 0 Å². The van der Waals surface area contributed by atoms with Crippen LogP contribution in [-0.2, 0) is 12.7 Å². The summed E-state index contributed by atoms with van der Waals surface area (Å²) in [5.41, 5.74) is 5.94. The fraction of sp³-hybridized carbons (Fsp3) is 0.714. The SMILES string of the molecule is CN1CNNC1[C@H](C1CCC1)C1CCCC(n2cc3c(C(F)(F)F)cc(CN4CC[C@H](C#N)C4)cn3c2=O)C1. The molecule has 4 aliphatic rings. The Morgan fingerprint density at radius 3 is 2.54 bits per heavy atom. The molecule has 2 aliphatic carbocycles. The molecule has 3 unspecified atom stereocenters. The van der Waals surface area contributed by atoms with Crippen LogP contribution in [0.1, 0.15) is 68.5 Å². The smallest absolute Gasteiger partial charge is 0.298 e. The van der Waals surface area contributed by atoms with Crippen molar-refractivity contribution in [1.82, 2.24) is 29.6 Å². The molecule has 212 valence electrons. The van der Waals surface area contributed by atoms with E-state index in [2.05, 4.69) is 28.9 Å². The van der Waals surface area contributed by atoms with Crippen molar-refractivity contribution >= 4 is 5.52 Å². The van der Waals surface area contributed by atoms with E-state index in [1.165, 1.54) is 35.9 Å². The van der Waals surface area contributed by atoms with E-state index in [1.807, 2.05) is 4.90 Å². The molecule has 2 aromatic heterocycles. The number of alkyl halides is 3. The number of nitrogens with zero attached hydrogens (tertiary/aromatic N) is 5. The van der Waals surface area contributed by atoms with E-state index in [-0.39, 0.29) is 23.6 Å². The third-order valence-corrected chi connectivity index (χ3v) is 9.75. The Morgan fingerprint density at radius 2 is 1.90 bits per heavy atom. The van der Waals surface area contributed by atoms with Crippen LogP contribution in [0, 0.1) is 35.0 Å². The molecule has 2 aliphatic heterocycles. The van der Waals surface area contributed by atoms with Crippen molar-refractivity contribution in [2.75, 3.05) is 26.8 Å². The van der Waals surface area contributed by atoms with Gasteiger partial charge < -0.3 is 0 Å². The molecule has 0 spiro atoms. The van der Waals surface area contributed by atoms with Crippen molar-refractivity contribution in [1.29, 1.82) is 5.26 Å². The Balaban J connectivity index is 1.30.